The summed E-state index contributed by atoms with van der Waals surface area (Å²) in [5.41, 5.74) is 3.92. The maximum Gasteiger partial charge on any atom is 0.260 e. The van der Waals surface area contributed by atoms with Gasteiger partial charge in [-0.3, -0.25) is 14.2 Å². The minimum atomic E-state index is -0.252. The van der Waals surface area contributed by atoms with E-state index < -0.39 is 0 Å². The lowest BCUT2D eigenvalue weighted by Gasteiger charge is -2.09. The second-order valence-corrected chi connectivity index (χ2v) is 7.36. The van der Waals surface area contributed by atoms with Crippen LogP contribution in [-0.4, -0.2) is 42.2 Å². The molecule has 0 radical (unpaired) electrons. The van der Waals surface area contributed by atoms with Crippen molar-refractivity contribution < 1.29 is 9.53 Å². The lowest BCUT2D eigenvalue weighted by Crippen LogP contribution is -2.14. The Hall–Kier alpha value is -3.62. The Morgan fingerprint density at radius 2 is 1.97 bits per heavy atom. The smallest absolute Gasteiger partial charge is 0.260 e. The van der Waals surface area contributed by atoms with Crippen LogP contribution in [0, 0.1) is 0 Å². The monoisotopic (exact) mass is 391 g/mol. The summed E-state index contributed by atoms with van der Waals surface area (Å²) in [4.78, 5) is 13.0. The van der Waals surface area contributed by atoms with Gasteiger partial charge >= 0.3 is 0 Å². The third kappa shape index (κ3) is 3.04. The van der Waals surface area contributed by atoms with E-state index in [1.165, 1.54) is 0 Å². The summed E-state index contributed by atoms with van der Waals surface area (Å²) in [6.45, 7) is 0. The average Bonchev–Trinajstić information content (AvgIpc) is 3.15. The molecule has 1 N–H and O–H groups in total. The van der Waals surface area contributed by atoms with Gasteiger partial charge in [0.1, 0.15) is 17.1 Å². The van der Waals surface area contributed by atoms with Crippen molar-refractivity contribution in [3.05, 3.63) is 48.2 Å². The number of aryl methyl sites for hydroxylation is 2. The fraction of sp³-hybridized carbons (Fsp3) is 0.300. The van der Waals surface area contributed by atoms with Gasteiger partial charge in [-0.15, -0.1) is 0 Å². The molecule has 148 valence electrons. The SMILES string of the molecule is COc1cc(-c2cnn(C)c2)cn2ncc(C(=O)Nc3cc(C4CC4)nn3C)c12. The van der Waals surface area contributed by atoms with Gasteiger partial charge in [-0.1, -0.05) is 0 Å². The van der Waals surface area contributed by atoms with Gasteiger partial charge in [-0.2, -0.15) is 15.3 Å². The molecule has 0 spiro atoms. The van der Waals surface area contributed by atoms with E-state index in [4.69, 9.17) is 4.74 Å². The van der Waals surface area contributed by atoms with Crippen molar-refractivity contribution in [3.63, 3.8) is 0 Å². The van der Waals surface area contributed by atoms with Crippen molar-refractivity contribution in [1.82, 2.24) is 29.2 Å². The molecule has 1 aliphatic rings. The fourth-order valence-electron chi connectivity index (χ4n) is 3.50. The summed E-state index contributed by atoms with van der Waals surface area (Å²) in [5.74, 6) is 1.51. The molecule has 29 heavy (non-hydrogen) atoms. The summed E-state index contributed by atoms with van der Waals surface area (Å²) in [5, 5.41) is 16.0. The number of hydrogen-bond acceptors (Lipinski definition) is 5. The van der Waals surface area contributed by atoms with Crippen molar-refractivity contribution in [2.24, 2.45) is 14.1 Å². The standard InChI is InChI=1S/C20H21N7O2/c1-25-10-14(8-21-25)13-6-17(29-3)19-15(9-22-27(19)11-13)20(28)23-18-7-16(12-4-5-12)24-26(18)2/h6-12H,4-5H2,1-3H3,(H,23,28). The van der Waals surface area contributed by atoms with Gasteiger partial charge in [0.2, 0.25) is 0 Å². The third-order valence-electron chi connectivity index (χ3n) is 5.22. The number of fused-ring (bicyclic) bond motifs is 1. The number of carbonyl (C=O) groups is 1. The molecule has 0 aliphatic heterocycles. The first kappa shape index (κ1) is 17.5. The van der Waals surface area contributed by atoms with Gasteiger partial charge in [0, 0.05) is 49.6 Å². The highest BCUT2D eigenvalue weighted by Crippen LogP contribution is 2.40. The Morgan fingerprint density at radius 3 is 2.66 bits per heavy atom. The highest BCUT2D eigenvalue weighted by atomic mass is 16.5. The zero-order valence-electron chi connectivity index (χ0n) is 16.5. The zero-order chi connectivity index (χ0) is 20.1. The number of amides is 1. The molecule has 1 aliphatic carbocycles. The van der Waals surface area contributed by atoms with Gasteiger partial charge in [-0.25, -0.2) is 4.52 Å². The number of anilines is 1. The second kappa shape index (κ2) is 6.47. The van der Waals surface area contributed by atoms with Crippen LogP contribution in [-0.2, 0) is 14.1 Å². The number of rotatable bonds is 5. The summed E-state index contributed by atoms with van der Waals surface area (Å²) in [7, 11) is 5.28. The Labute approximate surface area is 166 Å². The van der Waals surface area contributed by atoms with Crippen molar-refractivity contribution in [1.29, 1.82) is 0 Å². The summed E-state index contributed by atoms with van der Waals surface area (Å²) >= 11 is 0. The molecule has 1 fully saturated rings. The summed E-state index contributed by atoms with van der Waals surface area (Å²) in [6, 6.07) is 3.83. The molecular formula is C20H21N7O2. The highest BCUT2D eigenvalue weighted by Gasteiger charge is 2.27. The Bertz CT molecular complexity index is 1230. The maximum atomic E-state index is 13.0. The van der Waals surface area contributed by atoms with Crippen LogP contribution in [0.15, 0.2) is 36.9 Å². The number of ether oxygens (including phenoxy) is 1. The Morgan fingerprint density at radius 1 is 1.14 bits per heavy atom. The molecule has 1 saturated carbocycles. The van der Waals surface area contributed by atoms with E-state index in [0.717, 1.165) is 29.7 Å². The van der Waals surface area contributed by atoms with Crippen molar-refractivity contribution in [2.45, 2.75) is 18.8 Å². The van der Waals surface area contributed by atoms with Crippen LogP contribution >= 0.6 is 0 Å². The molecule has 0 aromatic carbocycles. The van der Waals surface area contributed by atoms with Crippen LogP contribution in [0.4, 0.5) is 5.82 Å². The van der Waals surface area contributed by atoms with Gasteiger partial charge in [0.05, 0.1) is 30.8 Å². The largest absolute Gasteiger partial charge is 0.494 e. The van der Waals surface area contributed by atoms with E-state index in [0.29, 0.717) is 28.6 Å². The van der Waals surface area contributed by atoms with Crippen LogP contribution in [0.2, 0.25) is 0 Å². The maximum absolute atomic E-state index is 13.0. The average molecular weight is 391 g/mol. The highest BCUT2D eigenvalue weighted by molar-refractivity contribution is 6.09. The van der Waals surface area contributed by atoms with Crippen molar-refractivity contribution in [2.75, 3.05) is 12.4 Å². The third-order valence-corrected chi connectivity index (χ3v) is 5.22. The van der Waals surface area contributed by atoms with E-state index in [2.05, 4.69) is 20.6 Å². The first-order chi connectivity index (χ1) is 14.0. The number of carbonyl (C=O) groups excluding carboxylic acids is 1. The molecule has 4 heterocycles. The topological polar surface area (TPSA) is 91.3 Å². The number of hydrogen-bond donors (Lipinski definition) is 1. The molecule has 9 nitrogen and oxygen atoms in total. The Kier molecular flexibility index (Phi) is 3.90. The molecule has 4 aromatic rings. The molecule has 1 amide bonds. The molecular weight excluding hydrogens is 370 g/mol. The molecule has 0 saturated heterocycles. The molecule has 5 rings (SSSR count). The number of aromatic nitrogens is 6. The predicted octanol–water partition coefficient (Wildman–Crippen LogP) is 2.61. The van der Waals surface area contributed by atoms with Gasteiger partial charge < -0.3 is 10.1 Å². The van der Waals surface area contributed by atoms with Gasteiger partial charge in [0.25, 0.3) is 5.91 Å². The predicted molar refractivity (Wildman–Crippen MR) is 107 cm³/mol. The van der Waals surface area contributed by atoms with Crippen LogP contribution < -0.4 is 10.1 Å². The van der Waals surface area contributed by atoms with E-state index >= 15 is 0 Å². The number of pyridine rings is 1. The van der Waals surface area contributed by atoms with Crippen molar-refractivity contribution >= 4 is 17.2 Å². The van der Waals surface area contributed by atoms with E-state index in [1.807, 2.05) is 38.6 Å². The minimum absolute atomic E-state index is 0.252. The molecule has 9 heteroatoms. The quantitative estimate of drug-likeness (QED) is 0.565. The fourth-order valence-corrected chi connectivity index (χ4v) is 3.50. The number of methoxy groups -OCH3 is 1. The second-order valence-electron chi connectivity index (χ2n) is 7.36. The summed E-state index contributed by atoms with van der Waals surface area (Å²) < 4.78 is 10.7. The van der Waals surface area contributed by atoms with E-state index in [-0.39, 0.29) is 5.91 Å². The molecule has 4 aromatic heterocycles. The van der Waals surface area contributed by atoms with Crippen molar-refractivity contribution in [3.8, 4) is 16.9 Å². The molecule has 0 bridgehead atoms. The minimum Gasteiger partial charge on any atom is -0.494 e. The van der Waals surface area contributed by atoms with Gasteiger partial charge in [-0.05, 0) is 18.9 Å². The van der Waals surface area contributed by atoms with Gasteiger partial charge in [0.15, 0.2) is 0 Å². The number of nitrogens with zero attached hydrogens (tertiary/aromatic N) is 6. The summed E-state index contributed by atoms with van der Waals surface area (Å²) in [6.07, 6.45) is 9.43. The van der Waals surface area contributed by atoms with Crippen LogP contribution in [0.5, 0.6) is 5.75 Å². The first-order valence-electron chi connectivity index (χ1n) is 9.43. The molecule has 0 unspecified atom stereocenters. The van der Waals surface area contributed by atoms with Crippen LogP contribution in [0.25, 0.3) is 16.6 Å². The normalized spacial score (nSPS) is 13.8. The number of nitrogens with one attached hydrogen (secondary N) is 1. The lowest BCUT2D eigenvalue weighted by atomic mass is 10.1. The first-order valence-corrected chi connectivity index (χ1v) is 9.43. The van der Waals surface area contributed by atoms with Crippen LogP contribution in [0.1, 0.15) is 34.8 Å². The lowest BCUT2D eigenvalue weighted by molar-refractivity contribution is 0.102. The van der Waals surface area contributed by atoms with E-state index in [9.17, 15) is 4.79 Å². The zero-order valence-corrected chi connectivity index (χ0v) is 16.5. The van der Waals surface area contributed by atoms with E-state index in [1.54, 1.807) is 33.4 Å². The van der Waals surface area contributed by atoms with Crippen LogP contribution in [0.3, 0.4) is 0 Å². The Balaban J connectivity index is 1.50. The molecule has 0 atom stereocenters.